The summed E-state index contributed by atoms with van der Waals surface area (Å²) in [6.07, 6.45) is 4.66. The minimum Gasteiger partial charge on any atom is -0.395 e. The number of nitrogens with zero attached hydrogens (tertiary/aromatic N) is 1. The first kappa shape index (κ1) is 15.1. The highest BCUT2D eigenvalue weighted by molar-refractivity contribution is 7.98. The lowest BCUT2D eigenvalue weighted by atomic mass is 9.96. The smallest absolute Gasteiger partial charge is 0.116 e. The number of nitrogens with one attached hydrogen (secondary N) is 3. The summed E-state index contributed by atoms with van der Waals surface area (Å²) in [7, 11) is 0. The van der Waals surface area contributed by atoms with E-state index in [-0.39, 0.29) is 24.9 Å². The van der Waals surface area contributed by atoms with Crippen LogP contribution in [0.1, 0.15) is 6.42 Å². The van der Waals surface area contributed by atoms with Gasteiger partial charge in [-0.05, 0) is 18.4 Å². The maximum atomic E-state index is 9.36. The van der Waals surface area contributed by atoms with Gasteiger partial charge in [0.25, 0.3) is 0 Å². The quantitative estimate of drug-likeness (QED) is 0.394. The Morgan fingerprint density at radius 3 is 3.16 bits per heavy atom. The second-order valence-corrected chi connectivity index (χ2v) is 6.21. The van der Waals surface area contributed by atoms with E-state index in [1.165, 1.54) is 0 Å². The molecule has 110 valence electrons. The molecule has 6 nitrogen and oxygen atoms in total. The van der Waals surface area contributed by atoms with Crippen molar-refractivity contribution in [1.82, 2.24) is 16.0 Å². The van der Waals surface area contributed by atoms with Crippen LogP contribution in [0.15, 0.2) is 4.99 Å². The second kappa shape index (κ2) is 7.44. The highest BCUT2D eigenvalue weighted by atomic mass is 32.2. The number of hydrogen-bond acceptors (Lipinski definition) is 7. The van der Waals surface area contributed by atoms with Crippen molar-refractivity contribution < 1.29 is 5.11 Å². The molecular formula is C12H25N5OS. The van der Waals surface area contributed by atoms with Crippen molar-refractivity contribution in [3.63, 3.8) is 0 Å². The summed E-state index contributed by atoms with van der Waals surface area (Å²) in [5.74, 6) is 1.55. The van der Waals surface area contributed by atoms with E-state index in [4.69, 9.17) is 5.73 Å². The molecule has 2 aliphatic rings. The molecule has 2 rings (SSSR count). The average molecular weight is 287 g/mol. The highest BCUT2D eigenvalue weighted by Crippen LogP contribution is 2.19. The number of aliphatic imine (C=N–C) groups is 1. The van der Waals surface area contributed by atoms with E-state index in [9.17, 15) is 5.11 Å². The van der Waals surface area contributed by atoms with E-state index in [2.05, 4.69) is 27.2 Å². The first-order valence-electron chi connectivity index (χ1n) is 6.86. The number of rotatable bonds is 7. The zero-order valence-corrected chi connectivity index (χ0v) is 12.2. The Morgan fingerprint density at radius 1 is 1.58 bits per heavy atom. The molecule has 2 heterocycles. The molecule has 1 fully saturated rings. The van der Waals surface area contributed by atoms with E-state index in [0.29, 0.717) is 12.0 Å². The lowest BCUT2D eigenvalue weighted by Crippen LogP contribution is -2.56. The van der Waals surface area contributed by atoms with E-state index in [0.717, 1.165) is 25.3 Å². The standard InChI is InChI=1S/C12H25N5OS/c1-19-3-2-9(6-18)14-4-8-5-15-11-10(8)16-7-17-12(11)13/h7-12,14-15,18H,2-6,13H2,1H3,(H,16,17). The van der Waals surface area contributed by atoms with Crippen molar-refractivity contribution in [2.75, 3.05) is 31.7 Å². The molecule has 0 bridgehead atoms. The van der Waals surface area contributed by atoms with E-state index >= 15 is 0 Å². The van der Waals surface area contributed by atoms with Crippen LogP contribution in [-0.2, 0) is 0 Å². The predicted molar refractivity (Wildman–Crippen MR) is 80.5 cm³/mol. The van der Waals surface area contributed by atoms with Crippen LogP contribution >= 0.6 is 11.8 Å². The number of thioether (sulfide) groups is 1. The van der Waals surface area contributed by atoms with Gasteiger partial charge < -0.3 is 26.8 Å². The van der Waals surface area contributed by atoms with Gasteiger partial charge in [0.2, 0.25) is 0 Å². The molecule has 5 unspecified atom stereocenters. The van der Waals surface area contributed by atoms with Crippen LogP contribution < -0.4 is 21.7 Å². The number of nitrogens with two attached hydrogens (primary N) is 1. The van der Waals surface area contributed by atoms with Crippen molar-refractivity contribution in [3.8, 4) is 0 Å². The van der Waals surface area contributed by atoms with E-state index in [1.807, 2.05) is 11.8 Å². The number of aliphatic hydroxyl groups excluding tert-OH is 1. The van der Waals surface area contributed by atoms with Crippen molar-refractivity contribution in [2.45, 2.75) is 30.7 Å². The lowest BCUT2D eigenvalue weighted by molar-refractivity contribution is 0.231. The maximum Gasteiger partial charge on any atom is 0.116 e. The molecule has 7 heteroatoms. The first-order valence-corrected chi connectivity index (χ1v) is 8.25. The monoisotopic (exact) mass is 287 g/mol. The Morgan fingerprint density at radius 2 is 2.42 bits per heavy atom. The van der Waals surface area contributed by atoms with Crippen LogP contribution in [0.5, 0.6) is 0 Å². The SMILES string of the molecule is CSCCC(CO)NCC1CNC2C(N)N=CNC12. The third-order valence-corrected chi connectivity index (χ3v) is 4.60. The fourth-order valence-corrected chi connectivity index (χ4v) is 3.27. The summed E-state index contributed by atoms with van der Waals surface area (Å²) in [6, 6.07) is 0.743. The Bertz CT molecular complexity index is 304. The Kier molecular flexibility index (Phi) is 5.90. The molecule has 0 aromatic carbocycles. The first-order chi connectivity index (χ1) is 9.26. The molecule has 0 saturated carbocycles. The summed E-state index contributed by atoms with van der Waals surface area (Å²) in [6.45, 7) is 2.03. The van der Waals surface area contributed by atoms with Crippen LogP contribution in [0.2, 0.25) is 0 Å². The molecule has 0 amide bonds. The summed E-state index contributed by atoms with van der Waals surface area (Å²) in [5.41, 5.74) is 5.97. The molecule has 6 N–H and O–H groups in total. The van der Waals surface area contributed by atoms with Crippen molar-refractivity contribution >= 4 is 18.1 Å². The molecule has 0 aliphatic carbocycles. The third kappa shape index (κ3) is 3.82. The highest BCUT2D eigenvalue weighted by Gasteiger charge is 2.40. The van der Waals surface area contributed by atoms with Gasteiger partial charge in [-0.2, -0.15) is 11.8 Å². The minimum absolute atomic E-state index is 0.151. The summed E-state index contributed by atoms with van der Waals surface area (Å²) in [4.78, 5) is 4.17. The van der Waals surface area contributed by atoms with Crippen LogP contribution in [0.4, 0.5) is 0 Å². The van der Waals surface area contributed by atoms with Gasteiger partial charge >= 0.3 is 0 Å². The molecule has 0 aromatic rings. The molecular weight excluding hydrogens is 262 g/mol. The molecule has 19 heavy (non-hydrogen) atoms. The van der Waals surface area contributed by atoms with Crippen LogP contribution in [-0.4, -0.2) is 67.4 Å². The minimum atomic E-state index is -0.151. The normalized spacial score (nSPS) is 34.9. The van der Waals surface area contributed by atoms with Gasteiger partial charge in [-0.1, -0.05) is 0 Å². The summed E-state index contributed by atoms with van der Waals surface area (Å²) >= 11 is 1.81. The zero-order valence-electron chi connectivity index (χ0n) is 11.4. The van der Waals surface area contributed by atoms with Gasteiger partial charge in [-0.25, -0.2) is 0 Å². The van der Waals surface area contributed by atoms with Gasteiger partial charge in [0, 0.05) is 25.0 Å². The molecule has 1 saturated heterocycles. The lowest BCUT2D eigenvalue weighted by Gasteiger charge is -2.30. The fraction of sp³-hybridized carbons (Fsp3) is 0.917. The van der Waals surface area contributed by atoms with E-state index in [1.54, 1.807) is 6.34 Å². The van der Waals surface area contributed by atoms with E-state index < -0.39 is 0 Å². The molecule has 5 atom stereocenters. The predicted octanol–water partition coefficient (Wildman–Crippen LogP) is -1.44. The molecule has 0 aromatic heterocycles. The Balaban J connectivity index is 1.78. The van der Waals surface area contributed by atoms with Crippen molar-refractivity contribution in [3.05, 3.63) is 0 Å². The Hall–Kier alpha value is -0.340. The third-order valence-electron chi connectivity index (χ3n) is 3.95. The number of fused-ring (bicyclic) bond motifs is 1. The van der Waals surface area contributed by atoms with Gasteiger partial charge in [0.15, 0.2) is 0 Å². The maximum absolute atomic E-state index is 9.36. The number of hydrogen-bond donors (Lipinski definition) is 5. The van der Waals surface area contributed by atoms with Gasteiger partial charge in [0.05, 0.1) is 25.0 Å². The molecule has 0 radical (unpaired) electrons. The molecule has 0 spiro atoms. The number of aliphatic hydroxyl groups is 1. The van der Waals surface area contributed by atoms with Crippen LogP contribution in [0, 0.1) is 5.92 Å². The Labute approximate surface area is 119 Å². The summed E-state index contributed by atoms with van der Waals surface area (Å²) < 4.78 is 0. The fourth-order valence-electron chi connectivity index (χ4n) is 2.75. The van der Waals surface area contributed by atoms with Crippen LogP contribution in [0.3, 0.4) is 0 Å². The van der Waals surface area contributed by atoms with Crippen molar-refractivity contribution in [1.29, 1.82) is 0 Å². The van der Waals surface area contributed by atoms with Crippen LogP contribution in [0.25, 0.3) is 0 Å². The summed E-state index contributed by atoms with van der Waals surface area (Å²) in [5, 5.41) is 19.6. The zero-order chi connectivity index (χ0) is 13.7. The van der Waals surface area contributed by atoms with Gasteiger partial charge in [0.1, 0.15) is 6.17 Å². The van der Waals surface area contributed by atoms with Gasteiger partial charge in [-0.3, -0.25) is 4.99 Å². The topological polar surface area (TPSA) is 94.7 Å². The molecule has 2 aliphatic heterocycles. The van der Waals surface area contributed by atoms with Gasteiger partial charge in [-0.15, -0.1) is 0 Å². The van der Waals surface area contributed by atoms with Crippen molar-refractivity contribution in [2.24, 2.45) is 16.6 Å². The second-order valence-electron chi connectivity index (χ2n) is 5.22. The average Bonchev–Trinajstić information content (AvgIpc) is 2.84. The largest absolute Gasteiger partial charge is 0.395 e.